The van der Waals surface area contributed by atoms with Gasteiger partial charge in [0.2, 0.25) is 5.91 Å². The predicted molar refractivity (Wildman–Crippen MR) is 51.1 cm³/mol. The number of carbonyl (C=O) groups is 1. The minimum Gasteiger partial charge on any atom is -0.335 e. The number of aromatic nitrogens is 3. The van der Waals surface area contributed by atoms with Crippen LogP contribution >= 0.6 is 0 Å². The van der Waals surface area contributed by atoms with Crippen LogP contribution in [0.4, 0.5) is 0 Å². The minimum absolute atomic E-state index is 0.0125. The Kier molecular flexibility index (Phi) is 3.68. The highest BCUT2D eigenvalue weighted by atomic mass is 16.2. The van der Waals surface area contributed by atoms with Gasteiger partial charge in [-0.15, -0.1) is 11.5 Å². The second-order valence-electron chi connectivity index (χ2n) is 2.87. The summed E-state index contributed by atoms with van der Waals surface area (Å²) in [5.41, 5.74) is 0. The fourth-order valence-corrected chi connectivity index (χ4v) is 0.978. The zero-order chi connectivity index (χ0) is 10.4. The first-order valence-electron chi connectivity index (χ1n) is 4.25. The third kappa shape index (κ3) is 2.90. The van der Waals surface area contributed by atoms with Crippen LogP contribution in [0.5, 0.6) is 0 Å². The van der Waals surface area contributed by atoms with E-state index in [1.165, 1.54) is 4.90 Å². The van der Waals surface area contributed by atoms with Crippen LogP contribution in [0.1, 0.15) is 6.42 Å². The molecule has 0 atom stereocenters. The number of rotatable bonds is 4. The molecule has 0 bridgehead atoms. The maximum Gasteiger partial charge on any atom is 0.224 e. The third-order valence-corrected chi connectivity index (χ3v) is 1.78. The molecule has 14 heavy (non-hydrogen) atoms. The fraction of sp³-hybridized carbons (Fsp3) is 0.444. The van der Waals surface area contributed by atoms with Gasteiger partial charge in [0.1, 0.15) is 0 Å². The number of amides is 1. The monoisotopic (exact) mass is 192 g/mol. The Hall–Kier alpha value is -1.83. The van der Waals surface area contributed by atoms with E-state index < -0.39 is 0 Å². The van der Waals surface area contributed by atoms with E-state index in [0.717, 1.165) is 0 Å². The Labute approximate surface area is 82.7 Å². The molecule has 0 unspecified atom stereocenters. The fourth-order valence-electron chi connectivity index (χ4n) is 0.978. The SMILES string of the molecule is C#CCN(C)C(=O)CCn1ccnn1. The summed E-state index contributed by atoms with van der Waals surface area (Å²) in [6, 6.07) is 0. The van der Waals surface area contributed by atoms with Crippen LogP contribution in [-0.4, -0.2) is 39.4 Å². The number of hydrogen-bond donors (Lipinski definition) is 0. The van der Waals surface area contributed by atoms with Crippen molar-refractivity contribution >= 4 is 5.91 Å². The van der Waals surface area contributed by atoms with Gasteiger partial charge >= 0.3 is 0 Å². The van der Waals surface area contributed by atoms with E-state index in [4.69, 9.17) is 6.42 Å². The number of carbonyl (C=O) groups excluding carboxylic acids is 1. The molecule has 0 saturated carbocycles. The lowest BCUT2D eigenvalue weighted by Gasteiger charge is -2.13. The van der Waals surface area contributed by atoms with Crippen molar-refractivity contribution in [3.63, 3.8) is 0 Å². The number of nitrogens with zero attached hydrogens (tertiary/aromatic N) is 4. The lowest BCUT2D eigenvalue weighted by atomic mass is 10.3. The van der Waals surface area contributed by atoms with Crippen molar-refractivity contribution < 1.29 is 4.79 Å². The summed E-state index contributed by atoms with van der Waals surface area (Å²) < 4.78 is 1.61. The van der Waals surface area contributed by atoms with Crippen molar-refractivity contribution in [2.75, 3.05) is 13.6 Å². The molecule has 0 spiro atoms. The van der Waals surface area contributed by atoms with Gasteiger partial charge in [0, 0.05) is 19.7 Å². The molecule has 0 aliphatic rings. The molecule has 1 heterocycles. The molecule has 0 N–H and O–H groups in total. The van der Waals surface area contributed by atoms with E-state index in [9.17, 15) is 4.79 Å². The van der Waals surface area contributed by atoms with Gasteiger partial charge < -0.3 is 4.90 Å². The zero-order valence-electron chi connectivity index (χ0n) is 8.05. The topological polar surface area (TPSA) is 51.0 Å². The van der Waals surface area contributed by atoms with Crippen molar-refractivity contribution in [2.45, 2.75) is 13.0 Å². The maximum atomic E-state index is 11.4. The first kappa shape index (κ1) is 10.3. The standard InChI is InChI=1S/C9H12N4O/c1-3-6-12(2)9(14)4-7-13-8-5-10-11-13/h1,5,8H,4,6-7H2,2H3. The normalized spacial score (nSPS) is 9.43. The van der Waals surface area contributed by atoms with Crippen molar-refractivity contribution in [2.24, 2.45) is 0 Å². The summed E-state index contributed by atoms with van der Waals surface area (Å²) in [5, 5.41) is 7.39. The van der Waals surface area contributed by atoms with Crippen LogP contribution in [0.3, 0.4) is 0 Å². The molecule has 1 rings (SSSR count). The molecule has 1 amide bonds. The van der Waals surface area contributed by atoms with Crippen molar-refractivity contribution in [1.29, 1.82) is 0 Å². The van der Waals surface area contributed by atoms with Gasteiger partial charge in [-0.25, -0.2) is 0 Å². The van der Waals surface area contributed by atoms with Crippen LogP contribution in [-0.2, 0) is 11.3 Å². The smallest absolute Gasteiger partial charge is 0.224 e. The van der Waals surface area contributed by atoms with Gasteiger partial charge in [0.25, 0.3) is 0 Å². The minimum atomic E-state index is 0.0125. The summed E-state index contributed by atoms with van der Waals surface area (Å²) >= 11 is 0. The molecule has 5 heteroatoms. The largest absolute Gasteiger partial charge is 0.335 e. The molecule has 1 aromatic rings. The Bertz CT molecular complexity index is 325. The maximum absolute atomic E-state index is 11.4. The molecule has 74 valence electrons. The number of aryl methyl sites for hydroxylation is 1. The van der Waals surface area contributed by atoms with E-state index in [2.05, 4.69) is 16.2 Å². The van der Waals surface area contributed by atoms with Gasteiger partial charge in [-0.1, -0.05) is 11.1 Å². The lowest BCUT2D eigenvalue weighted by molar-refractivity contribution is -0.129. The second kappa shape index (κ2) is 5.02. The lowest BCUT2D eigenvalue weighted by Crippen LogP contribution is -2.27. The van der Waals surface area contributed by atoms with E-state index >= 15 is 0 Å². The van der Waals surface area contributed by atoms with Crippen molar-refractivity contribution in [1.82, 2.24) is 19.9 Å². The average Bonchev–Trinajstić information content (AvgIpc) is 2.67. The molecular weight excluding hydrogens is 180 g/mol. The summed E-state index contributed by atoms with van der Waals surface area (Å²) in [5.74, 6) is 2.42. The van der Waals surface area contributed by atoms with Crippen molar-refractivity contribution in [3.8, 4) is 12.3 Å². The first-order chi connectivity index (χ1) is 6.74. The highest BCUT2D eigenvalue weighted by Crippen LogP contribution is 1.93. The predicted octanol–water partition coefficient (Wildman–Crippen LogP) is -0.240. The van der Waals surface area contributed by atoms with E-state index in [0.29, 0.717) is 19.5 Å². The third-order valence-electron chi connectivity index (χ3n) is 1.78. The Morgan fingerprint density at radius 3 is 3.07 bits per heavy atom. The summed E-state index contributed by atoms with van der Waals surface area (Å²) in [4.78, 5) is 12.9. The quantitative estimate of drug-likeness (QED) is 0.619. The van der Waals surface area contributed by atoms with Crippen LogP contribution < -0.4 is 0 Å². The van der Waals surface area contributed by atoms with Crippen LogP contribution in [0, 0.1) is 12.3 Å². The van der Waals surface area contributed by atoms with Crippen LogP contribution in [0.25, 0.3) is 0 Å². The summed E-state index contributed by atoms with van der Waals surface area (Å²) in [6.07, 6.45) is 8.77. The van der Waals surface area contributed by atoms with Crippen LogP contribution in [0.15, 0.2) is 12.4 Å². The Morgan fingerprint density at radius 2 is 2.50 bits per heavy atom. The average molecular weight is 192 g/mol. The van der Waals surface area contributed by atoms with Crippen molar-refractivity contribution in [3.05, 3.63) is 12.4 Å². The van der Waals surface area contributed by atoms with Gasteiger partial charge in [-0.3, -0.25) is 9.48 Å². The zero-order valence-corrected chi connectivity index (χ0v) is 8.05. The van der Waals surface area contributed by atoms with Crippen LogP contribution in [0.2, 0.25) is 0 Å². The number of terminal acetylenes is 1. The highest BCUT2D eigenvalue weighted by molar-refractivity contribution is 5.76. The molecule has 0 saturated heterocycles. The molecule has 0 fully saturated rings. The molecule has 0 radical (unpaired) electrons. The van der Waals surface area contributed by atoms with E-state index in [-0.39, 0.29) is 5.91 Å². The molecule has 0 aliphatic heterocycles. The van der Waals surface area contributed by atoms with Gasteiger partial charge in [0.05, 0.1) is 19.3 Å². The van der Waals surface area contributed by atoms with Gasteiger partial charge in [0.15, 0.2) is 0 Å². The van der Waals surface area contributed by atoms with Gasteiger partial charge in [-0.05, 0) is 0 Å². The molecule has 1 aromatic heterocycles. The highest BCUT2D eigenvalue weighted by Gasteiger charge is 2.06. The first-order valence-corrected chi connectivity index (χ1v) is 4.25. The second-order valence-corrected chi connectivity index (χ2v) is 2.87. The molecular formula is C9H12N4O. The summed E-state index contributed by atoms with van der Waals surface area (Å²) in [7, 11) is 1.68. The van der Waals surface area contributed by atoms with E-state index in [1.54, 1.807) is 24.1 Å². The molecule has 0 aromatic carbocycles. The molecule has 0 aliphatic carbocycles. The Morgan fingerprint density at radius 1 is 1.71 bits per heavy atom. The number of hydrogen-bond acceptors (Lipinski definition) is 3. The summed E-state index contributed by atoms with van der Waals surface area (Å²) in [6.45, 7) is 0.879. The Balaban J connectivity index is 2.32. The van der Waals surface area contributed by atoms with Gasteiger partial charge in [-0.2, -0.15) is 0 Å². The molecule has 5 nitrogen and oxygen atoms in total. The van der Waals surface area contributed by atoms with E-state index in [1.807, 2.05) is 0 Å².